The van der Waals surface area contributed by atoms with Gasteiger partial charge in [0.25, 0.3) is 5.91 Å². The van der Waals surface area contributed by atoms with Crippen molar-refractivity contribution in [2.45, 2.75) is 50.2 Å². The SMILES string of the molecule is N#Cc1cc(C(=O)N[C@@H](CCC(=O)NC(CCOP(=O)(O)NC(CCC(=O)O)C(=O)O)C(=O)O)C(=O)O)ccc1[18F]. The lowest BCUT2D eigenvalue weighted by Crippen LogP contribution is -2.44. The molecule has 1 aromatic carbocycles. The van der Waals surface area contributed by atoms with E-state index in [-0.39, 0.29) is 5.56 Å². The van der Waals surface area contributed by atoms with Crippen molar-refractivity contribution >= 4 is 43.4 Å². The first-order chi connectivity index (χ1) is 19.1. The summed E-state index contributed by atoms with van der Waals surface area (Å²) in [6.07, 6.45) is -2.90. The van der Waals surface area contributed by atoms with E-state index in [2.05, 4.69) is 9.84 Å². The molecule has 0 aliphatic heterocycles. The van der Waals surface area contributed by atoms with Crippen LogP contribution >= 0.6 is 7.75 Å². The number of carbonyl (C=O) groups is 6. The third-order valence-electron chi connectivity index (χ3n) is 5.18. The van der Waals surface area contributed by atoms with Gasteiger partial charge in [0.1, 0.15) is 30.0 Å². The van der Waals surface area contributed by atoms with E-state index in [1.54, 1.807) is 5.09 Å². The molecule has 0 aliphatic carbocycles. The number of aliphatic carboxylic acids is 4. The quantitative estimate of drug-likeness (QED) is 0.0994. The number of hydrogen-bond acceptors (Lipinski definition) is 9. The smallest absolute Gasteiger partial charge is 0.403 e. The van der Waals surface area contributed by atoms with E-state index in [1.807, 2.05) is 5.32 Å². The number of carbonyl (C=O) groups excluding carboxylic acids is 2. The van der Waals surface area contributed by atoms with Gasteiger partial charge in [0.15, 0.2) is 0 Å². The molecule has 0 aromatic heterocycles. The highest BCUT2D eigenvalue weighted by molar-refractivity contribution is 7.50. The largest absolute Gasteiger partial charge is 0.481 e. The maximum Gasteiger partial charge on any atom is 0.403 e. The Hall–Kier alpha value is -4.43. The molecule has 0 radical (unpaired) electrons. The fourth-order valence-corrected chi connectivity index (χ4v) is 4.15. The third kappa shape index (κ3) is 12.5. The lowest BCUT2D eigenvalue weighted by Gasteiger charge is -2.20. The van der Waals surface area contributed by atoms with Gasteiger partial charge in [-0.3, -0.25) is 23.7 Å². The van der Waals surface area contributed by atoms with Gasteiger partial charge in [-0.05, 0) is 31.0 Å². The van der Waals surface area contributed by atoms with Crippen LogP contribution < -0.4 is 15.7 Å². The predicted molar refractivity (Wildman–Crippen MR) is 131 cm³/mol. The Labute approximate surface area is 230 Å². The number of benzene rings is 1. The summed E-state index contributed by atoms with van der Waals surface area (Å²) in [5.74, 6) is -8.99. The van der Waals surface area contributed by atoms with Crippen LogP contribution in [0, 0.1) is 17.1 Å². The molecule has 4 atom stereocenters. The molecular formula is C22H26FN4O13P. The van der Waals surface area contributed by atoms with Gasteiger partial charge in [-0.1, -0.05) is 0 Å². The van der Waals surface area contributed by atoms with E-state index in [9.17, 15) is 52.8 Å². The summed E-state index contributed by atoms with van der Waals surface area (Å²) in [5, 5.41) is 51.1. The summed E-state index contributed by atoms with van der Waals surface area (Å²) < 4.78 is 30.2. The molecule has 0 saturated carbocycles. The molecule has 17 nitrogen and oxygen atoms in total. The molecule has 0 aliphatic rings. The van der Waals surface area contributed by atoms with Gasteiger partial charge in [0.05, 0.1) is 12.2 Å². The van der Waals surface area contributed by atoms with E-state index in [0.717, 1.165) is 18.2 Å². The lowest BCUT2D eigenvalue weighted by atomic mass is 10.1. The van der Waals surface area contributed by atoms with Crippen LogP contribution in [0.2, 0.25) is 0 Å². The molecule has 1 aromatic rings. The molecule has 2 amide bonds. The average Bonchev–Trinajstić information content (AvgIpc) is 2.87. The fraction of sp³-hybridized carbons (Fsp3) is 0.409. The Bertz CT molecular complexity index is 1270. The van der Waals surface area contributed by atoms with Crippen molar-refractivity contribution in [3.63, 3.8) is 0 Å². The maximum absolute atomic E-state index is 13.5. The molecule has 3 unspecified atom stereocenters. The van der Waals surface area contributed by atoms with Crippen LogP contribution in [0.5, 0.6) is 0 Å². The molecule has 0 fully saturated rings. The first kappa shape index (κ1) is 34.6. The van der Waals surface area contributed by atoms with E-state index in [4.69, 9.17) is 15.5 Å². The Morgan fingerprint density at radius 2 is 1.46 bits per heavy atom. The number of carboxylic acid groups (broad SMARTS) is 4. The molecule has 19 heteroatoms. The van der Waals surface area contributed by atoms with Crippen LogP contribution in [0.15, 0.2) is 18.2 Å². The number of nitrogens with zero attached hydrogens (tertiary/aromatic N) is 1. The van der Waals surface area contributed by atoms with Crippen LogP contribution in [0.4, 0.5) is 4.39 Å². The Balaban J connectivity index is 2.68. The van der Waals surface area contributed by atoms with Gasteiger partial charge in [-0.25, -0.2) is 23.6 Å². The number of halogens is 1. The van der Waals surface area contributed by atoms with Crippen LogP contribution in [0.25, 0.3) is 0 Å². The molecule has 0 heterocycles. The minimum atomic E-state index is -4.84. The lowest BCUT2D eigenvalue weighted by molar-refractivity contribution is -0.143. The monoisotopic (exact) mass is 603 g/mol. The average molecular weight is 603 g/mol. The number of amides is 2. The second-order valence-electron chi connectivity index (χ2n) is 8.26. The molecule has 8 N–H and O–H groups in total. The van der Waals surface area contributed by atoms with Gasteiger partial charge >= 0.3 is 31.6 Å². The maximum atomic E-state index is 13.5. The summed E-state index contributed by atoms with van der Waals surface area (Å²) >= 11 is 0. The van der Waals surface area contributed by atoms with Gasteiger partial charge in [-0.15, -0.1) is 0 Å². The molecule has 0 spiro atoms. The van der Waals surface area contributed by atoms with Gasteiger partial charge < -0.3 is 36.0 Å². The molecule has 0 saturated heterocycles. The normalized spacial score (nSPS) is 14.4. The van der Waals surface area contributed by atoms with E-state index < -0.39 is 112 Å². The van der Waals surface area contributed by atoms with Crippen molar-refractivity contribution in [1.82, 2.24) is 15.7 Å². The second kappa shape index (κ2) is 16.0. The number of nitrogens with one attached hydrogen (secondary N) is 3. The summed E-state index contributed by atoms with van der Waals surface area (Å²) in [6.45, 7) is -0.778. The summed E-state index contributed by atoms with van der Waals surface area (Å²) in [6, 6.07) is -0.828. The summed E-state index contributed by atoms with van der Waals surface area (Å²) in [4.78, 5) is 79.1. The first-order valence-electron chi connectivity index (χ1n) is 11.5. The van der Waals surface area contributed by atoms with Crippen LogP contribution in [-0.4, -0.2) is 85.7 Å². The number of nitriles is 1. The molecule has 224 valence electrons. The summed E-state index contributed by atoms with van der Waals surface area (Å²) in [7, 11) is -4.84. The molecular weight excluding hydrogens is 577 g/mol. The standard InChI is InChI=1S/C22H26FN4O13P/c23-13-2-1-11(9-12(13)10-24)19(31)26-14(20(32)33)3-5-17(28)25-15(21(34)35)7-8-40-41(38,39)27-16(22(36)37)4-6-18(29)30/h1-2,9,14-16H,3-8H2,(H,25,28)(H,26,31)(H,29,30)(H,32,33)(H,34,35)(H,36,37)(H2,27,38,39)/t14-,15?,16?/m0/s1/i23-1. The number of rotatable bonds is 18. The zero-order chi connectivity index (χ0) is 31.3. The highest BCUT2D eigenvalue weighted by Crippen LogP contribution is 2.38. The highest BCUT2D eigenvalue weighted by atomic mass is 31.2. The van der Waals surface area contributed by atoms with Crippen LogP contribution in [0.1, 0.15) is 48.0 Å². The Morgan fingerprint density at radius 3 is 2.00 bits per heavy atom. The van der Waals surface area contributed by atoms with Crippen LogP contribution in [-0.2, 0) is 33.1 Å². The van der Waals surface area contributed by atoms with Crippen molar-refractivity contribution < 1.29 is 67.6 Å². The molecule has 0 bridgehead atoms. The number of hydrogen-bond donors (Lipinski definition) is 8. The zero-order valence-corrected chi connectivity index (χ0v) is 21.9. The zero-order valence-electron chi connectivity index (χ0n) is 21.0. The first-order valence-corrected chi connectivity index (χ1v) is 13.1. The van der Waals surface area contributed by atoms with Crippen molar-refractivity contribution in [3.05, 3.63) is 35.1 Å². The third-order valence-corrected chi connectivity index (χ3v) is 6.35. The minimum absolute atomic E-state index is 0.225. The van der Waals surface area contributed by atoms with Gasteiger partial charge in [-0.2, -0.15) is 5.26 Å². The fourth-order valence-electron chi connectivity index (χ4n) is 3.09. The Morgan fingerprint density at radius 1 is 0.902 bits per heavy atom. The van der Waals surface area contributed by atoms with Crippen molar-refractivity contribution in [3.8, 4) is 6.07 Å². The van der Waals surface area contributed by atoms with Crippen molar-refractivity contribution in [2.24, 2.45) is 0 Å². The van der Waals surface area contributed by atoms with Gasteiger partial charge in [0, 0.05) is 24.8 Å². The van der Waals surface area contributed by atoms with Crippen molar-refractivity contribution in [2.75, 3.05) is 6.61 Å². The van der Waals surface area contributed by atoms with Crippen LogP contribution in [0.3, 0.4) is 0 Å². The highest BCUT2D eigenvalue weighted by Gasteiger charge is 2.30. The van der Waals surface area contributed by atoms with Gasteiger partial charge in [0.2, 0.25) is 5.91 Å². The number of carboxylic acids is 4. The van der Waals surface area contributed by atoms with E-state index in [0.29, 0.717) is 0 Å². The van der Waals surface area contributed by atoms with E-state index in [1.165, 1.54) is 6.07 Å². The predicted octanol–water partition coefficient (Wildman–Crippen LogP) is -0.355. The minimum Gasteiger partial charge on any atom is -0.481 e. The molecule has 1 rings (SSSR count). The topological polar surface area (TPSA) is 290 Å². The van der Waals surface area contributed by atoms with Crippen molar-refractivity contribution in [1.29, 1.82) is 5.26 Å². The van der Waals surface area contributed by atoms with E-state index >= 15 is 0 Å². The summed E-state index contributed by atoms with van der Waals surface area (Å²) in [5.41, 5.74) is -0.683. The second-order valence-corrected chi connectivity index (χ2v) is 9.82. The Kier molecular flexibility index (Phi) is 13.5. The molecule has 41 heavy (non-hydrogen) atoms.